The minimum absolute atomic E-state index is 0.0180. The van der Waals surface area contributed by atoms with Crippen LogP contribution in [0.25, 0.3) is 0 Å². The molecule has 2 aromatic carbocycles. The van der Waals surface area contributed by atoms with Gasteiger partial charge in [0.25, 0.3) is 0 Å². The highest BCUT2D eigenvalue weighted by molar-refractivity contribution is 7.80. The lowest BCUT2D eigenvalue weighted by Crippen LogP contribution is -2.31. The summed E-state index contributed by atoms with van der Waals surface area (Å²) in [6.45, 7) is 0. The van der Waals surface area contributed by atoms with Gasteiger partial charge in [-0.05, 0) is 47.6 Å². The first-order chi connectivity index (χ1) is 11.5. The number of nitrogens with two attached hydrogens (primary N) is 1. The summed E-state index contributed by atoms with van der Waals surface area (Å²) >= 11 is 11.2. The van der Waals surface area contributed by atoms with Crippen LogP contribution < -0.4 is 10.6 Å². The molecule has 0 amide bonds. The topological polar surface area (TPSA) is 44.9 Å². The number of anilines is 1. The fourth-order valence-corrected chi connectivity index (χ4v) is 3.08. The minimum atomic E-state index is 0.0180. The zero-order valence-electron chi connectivity index (χ0n) is 13.6. The van der Waals surface area contributed by atoms with Gasteiger partial charge in [-0.1, -0.05) is 35.9 Å². The van der Waals surface area contributed by atoms with Crippen LogP contribution in [0.4, 0.5) is 5.69 Å². The van der Waals surface area contributed by atoms with Crippen molar-refractivity contribution in [3.05, 3.63) is 64.7 Å². The lowest BCUT2D eigenvalue weighted by Gasteiger charge is -2.22. The third kappa shape index (κ3) is 3.37. The van der Waals surface area contributed by atoms with E-state index in [2.05, 4.69) is 34.3 Å². The summed E-state index contributed by atoms with van der Waals surface area (Å²) in [6.07, 6.45) is 0.750. The Morgan fingerprint density at radius 3 is 2.33 bits per heavy atom. The van der Waals surface area contributed by atoms with Crippen molar-refractivity contribution >= 4 is 40.3 Å². The number of hydrogen-bond donors (Lipinski definition) is 1. The highest BCUT2D eigenvalue weighted by Crippen LogP contribution is 2.33. The molecule has 0 radical (unpaired) electrons. The van der Waals surface area contributed by atoms with Crippen LogP contribution in [-0.4, -0.2) is 29.9 Å². The fourth-order valence-electron chi connectivity index (χ4n) is 2.78. The minimum Gasteiger partial charge on any atom is -0.378 e. The van der Waals surface area contributed by atoms with E-state index in [-0.39, 0.29) is 11.2 Å². The quantitative estimate of drug-likeness (QED) is 0.847. The molecule has 1 aliphatic rings. The summed E-state index contributed by atoms with van der Waals surface area (Å²) in [4.78, 5) is 2.07. The lowest BCUT2D eigenvalue weighted by atomic mass is 9.98. The molecule has 2 N–H and O–H groups in total. The van der Waals surface area contributed by atoms with E-state index in [4.69, 9.17) is 29.6 Å². The first kappa shape index (κ1) is 16.7. The van der Waals surface area contributed by atoms with Crippen molar-refractivity contribution in [2.24, 2.45) is 10.8 Å². The maximum absolute atomic E-state index is 5.97. The molecule has 0 aliphatic carbocycles. The third-order valence-corrected chi connectivity index (χ3v) is 4.55. The monoisotopic (exact) mass is 358 g/mol. The predicted molar refractivity (Wildman–Crippen MR) is 105 cm³/mol. The SMILES string of the molecule is CN(C)c1ccc(C2CC(c3ccc(Cl)cc3)=NN2C(N)=S)cc1. The number of nitrogens with zero attached hydrogens (tertiary/aromatic N) is 3. The molecule has 2 aromatic rings. The van der Waals surface area contributed by atoms with Gasteiger partial charge >= 0.3 is 0 Å². The summed E-state index contributed by atoms with van der Waals surface area (Å²) in [6, 6.07) is 16.1. The smallest absolute Gasteiger partial charge is 0.187 e. The zero-order chi connectivity index (χ0) is 17.3. The van der Waals surface area contributed by atoms with Crippen LogP contribution in [0.3, 0.4) is 0 Å². The second-order valence-electron chi connectivity index (χ2n) is 5.94. The molecule has 1 unspecified atom stereocenters. The molecule has 1 heterocycles. The van der Waals surface area contributed by atoms with Crippen LogP contribution in [0.15, 0.2) is 53.6 Å². The highest BCUT2D eigenvalue weighted by atomic mass is 35.5. The number of thiocarbonyl (C=S) groups is 1. The van der Waals surface area contributed by atoms with Crippen molar-refractivity contribution in [2.45, 2.75) is 12.5 Å². The van der Waals surface area contributed by atoms with Crippen molar-refractivity contribution in [3.63, 3.8) is 0 Å². The molecular formula is C18H19ClN4S. The molecule has 124 valence electrons. The molecule has 1 aliphatic heterocycles. The van der Waals surface area contributed by atoms with Gasteiger partial charge in [-0.25, -0.2) is 5.01 Å². The van der Waals surface area contributed by atoms with Crippen molar-refractivity contribution in [1.29, 1.82) is 0 Å². The Hall–Kier alpha value is -2.11. The van der Waals surface area contributed by atoms with Gasteiger partial charge in [-0.3, -0.25) is 0 Å². The van der Waals surface area contributed by atoms with E-state index in [1.54, 1.807) is 5.01 Å². The third-order valence-electron chi connectivity index (χ3n) is 4.11. The average molecular weight is 359 g/mol. The van der Waals surface area contributed by atoms with Crippen molar-refractivity contribution < 1.29 is 0 Å². The molecule has 4 nitrogen and oxygen atoms in total. The average Bonchev–Trinajstić information content (AvgIpc) is 3.01. The number of hydrogen-bond acceptors (Lipinski definition) is 3. The van der Waals surface area contributed by atoms with Crippen molar-refractivity contribution in [3.8, 4) is 0 Å². The van der Waals surface area contributed by atoms with E-state index in [0.29, 0.717) is 5.02 Å². The Kier molecular flexibility index (Phi) is 4.73. The Balaban J connectivity index is 1.89. The number of benzene rings is 2. The van der Waals surface area contributed by atoms with Crippen LogP contribution in [0.5, 0.6) is 0 Å². The van der Waals surface area contributed by atoms with Crippen LogP contribution in [-0.2, 0) is 0 Å². The van der Waals surface area contributed by atoms with Crippen LogP contribution in [0, 0.1) is 0 Å². The Morgan fingerprint density at radius 1 is 1.17 bits per heavy atom. The van der Waals surface area contributed by atoms with Gasteiger partial charge in [0.1, 0.15) is 0 Å². The second kappa shape index (κ2) is 6.79. The van der Waals surface area contributed by atoms with Gasteiger partial charge < -0.3 is 10.6 Å². The summed E-state index contributed by atoms with van der Waals surface area (Å²) < 4.78 is 0. The summed E-state index contributed by atoms with van der Waals surface area (Å²) in [5.41, 5.74) is 10.2. The molecule has 0 aromatic heterocycles. The van der Waals surface area contributed by atoms with E-state index in [1.807, 2.05) is 38.4 Å². The summed E-state index contributed by atoms with van der Waals surface area (Å²) in [5, 5.41) is 7.35. The van der Waals surface area contributed by atoms with Gasteiger partial charge in [0.05, 0.1) is 11.8 Å². The van der Waals surface area contributed by atoms with E-state index in [1.165, 1.54) is 0 Å². The Bertz CT molecular complexity index is 769. The van der Waals surface area contributed by atoms with Gasteiger partial charge in [0.15, 0.2) is 5.11 Å². The fraction of sp³-hybridized carbons (Fsp3) is 0.222. The standard InChI is InChI=1S/C18H19ClN4S/c1-22(2)15-9-5-13(6-10-15)17-11-16(21-23(17)18(20)24)12-3-7-14(19)8-4-12/h3-10,17H,11H2,1-2H3,(H2,20,24). The van der Waals surface area contributed by atoms with Gasteiger partial charge in [0, 0.05) is 31.2 Å². The molecule has 0 saturated heterocycles. The van der Waals surface area contributed by atoms with E-state index in [9.17, 15) is 0 Å². The van der Waals surface area contributed by atoms with Crippen LogP contribution in [0.1, 0.15) is 23.6 Å². The first-order valence-electron chi connectivity index (χ1n) is 7.65. The lowest BCUT2D eigenvalue weighted by molar-refractivity contribution is 0.373. The summed E-state index contributed by atoms with van der Waals surface area (Å²) in [5.74, 6) is 0. The molecule has 24 heavy (non-hydrogen) atoms. The van der Waals surface area contributed by atoms with Crippen LogP contribution >= 0.6 is 23.8 Å². The van der Waals surface area contributed by atoms with Crippen molar-refractivity contribution in [2.75, 3.05) is 19.0 Å². The largest absolute Gasteiger partial charge is 0.378 e. The first-order valence-corrected chi connectivity index (χ1v) is 8.43. The maximum atomic E-state index is 5.97. The van der Waals surface area contributed by atoms with Gasteiger partial charge in [-0.2, -0.15) is 5.10 Å². The zero-order valence-corrected chi connectivity index (χ0v) is 15.2. The van der Waals surface area contributed by atoms with E-state index >= 15 is 0 Å². The van der Waals surface area contributed by atoms with Crippen molar-refractivity contribution in [1.82, 2.24) is 5.01 Å². The molecule has 6 heteroatoms. The molecule has 3 rings (SSSR count). The summed E-state index contributed by atoms with van der Waals surface area (Å²) in [7, 11) is 4.04. The molecule has 0 fully saturated rings. The normalized spacial score (nSPS) is 16.9. The number of rotatable bonds is 3. The van der Waals surface area contributed by atoms with Crippen LogP contribution in [0.2, 0.25) is 5.02 Å². The molecule has 0 saturated carbocycles. The van der Waals surface area contributed by atoms with Gasteiger partial charge in [-0.15, -0.1) is 0 Å². The number of halogens is 1. The van der Waals surface area contributed by atoms with E-state index in [0.717, 1.165) is 28.9 Å². The number of hydrazone groups is 1. The molecule has 0 spiro atoms. The molecule has 0 bridgehead atoms. The molecule has 1 atom stereocenters. The highest BCUT2D eigenvalue weighted by Gasteiger charge is 2.30. The Labute approximate surface area is 152 Å². The second-order valence-corrected chi connectivity index (χ2v) is 6.80. The van der Waals surface area contributed by atoms with E-state index < -0.39 is 0 Å². The van der Waals surface area contributed by atoms with Gasteiger partial charge in [0.2, 0.25) is 0 Å². The maximum Gasteiger partial charge on any atom is 0.187 e. The Morgan fingerprint density at radius 2 is 1.79 bits per heavy atom. The predicted octanol–water partition coefficient (Wildman–Crippen LogP) is 3.80. The molecular weight excluding hydrogens is 340 g/mol.